The number of aromatic nitrogens is 1. The Labute approximate surface area is 104 Å². The molecule has 0 spiro atoms. The van der Waals surface area contributed by atoms with Crippen molar-refractivity contribution in [1.29, 1.82) is 0 Å². The van der Waals surface area contributed by atoms with Gasteiger partial charge in [-0.2, -0.15) is 11.8 Å². The highest BCUT2D eigenvalue weighted by Gasteiger charge is 2.04. The molecule has 16 heavy (non-hydrogen) atoms. The number of hydrogen-bond acceptors (Lipinski definition) is 2. The third kappa shape index (κ3) is 2.47. The van der Waals surface area contributed by atoms with Crippen LogP contribution in [0.25, 0.3) is 10.9 Å². The first-order chi connectivity index (χ1) is 7.85. The van der Waals surface area contributed by atoms with E-state index in [0.717, 1.165) is 22.8 Å². The highest BCUT2D eigenvalue weighted by Crippen LogP contribution is 2.26. The van der Waals surface area contributed by atoms with Crippen molar-refractivity contribution in [2.75, 3.05) is 18.7 Å². The molecule has 1 N–H and O–H groups in total. The molecule has 0 atom stereocenters. The predicted octanol–water partition coefficient (Wildman–Crippen LogP) is 3.65. The summed E-state index contributed by atoms with van der Waals surface area (Å²) < 4.78 is 5.23. The van der Waals surface area contributed by atoms with Crippen LogP contribution in [0.3, 0.4) is 0 Å². The lowest BCUT2D eigenvalue weighted by molar-refractivity contribution is 0.415. The number of aromatic amines is 1. The van der Waals surface area contributed by atoms with Gasteiger partial charge in [-0.25, -0.2) is 0 Å². The topological polar surface area (TPSA) is 25.0 Å². The second-order valence-electron chi connectivity index (χ2n) is 3.47. The Kier molecular flexibility index (Phi) is 4.02. The number of thioether (sulfide) groups is 1. The molecule has 4 heteroatoms. The van der Waals surface area contributed by atoms with E-state index >= 15 is 0 Å². The van der Waals surface area contributed by atoms with Crippen LogP contribution in [-0.2, 0) is 5.75 Å². The predicted molar refractivity (Wildman–Crippen MR) is 71.7 cm³/mol. The zero-order chi connectivity index (χ0) is 11.4. The number of ether oxygens (including phenoxy) is 1. The molecule has 0 bridgehead atoms. The van der Waals surface area contributed by atoms with Crippen molar-refractivity contribution in [1.82, 2.24) is 4.98 Å². The van der Waals surface area contributed by atoms with Crippen LogP contribution in [0.1, 0.15) is 5.56 Å². The number of alkyl halides is 1. The van der Waals surface area contributed by atoms with Crippen molar-refractivity contribution in [3.05, 3.63) is 30.0 Å². The zero-order valence-corrected chi connectivity index (χ0v) is 10.7. The second kappa shape index (κ2) is 5.51. The summed E-state index contributed by atoms with van der Waals surface area (Å²) in [4.78, 5) is 3.26. The maximum atomic E-state index is 5.66. The normalized spacial score (nSPS) is 10.9. The lowest BCUT2D eigenvalue weighted by Gasteiger charge is -2.01. The number of hydrogen-bond donors (Lipinski definition) is 1. The van der Waals surface area contributed by atoms with Crippen LogP contribution < -0.4 is 4.74 Å². The minimum atomic E-state index is 0.705. The molecule has 0 aliphatic heterocycles. The van der Waals surface area contributed by atoms with Crippen LogP contribution in [0, 0.1) is 0 Å². The lowest BCUT2D eigenvalue weighted by Crippen LogP contribution is -1.84. The van der Waals surface area contributed by atoms with E-state index in [9.17, 15) is 0 Å². The molecule has 0 unspecified atom stereocenters. The van der Waals surface area contributed by atoms with Gasteiger partial charge >= 0.3 is 0 Å². The summed E-state index contributed by atoms with van der Waals surface area (Å²) >= 11 is 7.51. The van der Waals surface area contributed by atoms with E-state index in [4.69, 9.17) is 16.3 Å². The number of methoxy groups -OCH3 is 1. The Hall–Kier alpha value is -0.800. The van der Waals surface area contributed by atoms with Gasteiger partial charge in [0.1, 0.15) is 5.75 Å². The Morgan fingerprint density at radius 1 is 1.44 bits per heavy atom. The van der Waals surface area contributed by atoms with Crippen LogP contribution in [-0.4, -0.2) is 23.7 Å². The maximum Gasteiger partial charge on any atom is 0.119 e. The molecule has 0 aliphatic carbocycles. The molecule has 0 saturated carbocycles. The molecule has 0 fully saturated rings. The van der Waals surface area contributed by atoms with Crippen molar-refractivity contribution in [2.24, 2.45) is 0 Å². The highest BCUT2D eigenvalue weighted by molar-refractivity contribution is 7.98. The van der Waals surface area contributed by atoms with Crippen LogP contribution in [0.4, 0.5) is 0 Å². The van der Waals surface area contributed by atoms with Gasteiger partial charge in [0.05, 0.1) is 7.11 Å². The molecule has 0 aliphatic rings. The van der Waals surface area contributed by atoms with Gasteiger partial charge in [-0.15, -0.1) is 11.6 Å². The van der Waals surface area contributed by atoms with Crippen molar-refractivity contribution < 1.29 is 4.74 Å². The van der Waals surface area contributed by atoms with Crippen molar-refractivity contribution in [2.45, 2.75) is 5.75 Å². The van der Waals surface area contributed by atoms with Gasteiger partial charge < -0.3 is 9.72 Å². The fourth-order valence-corrected chi connectivity index (χ4v) is 2.68. The highest BCUT2D eigenvalue weighted by atomic mass is 35.5. The van der Waals surface area contributed by atoms with E-state index in [1.807, 2.05) is 23.9 Å². The molecule has 2 aromatic rings. The van der Waals surface area contributed by atoms with E-state index in [1.165, 1.54) is 10.9 Å². The molecule has 2 rings (SSSR count). The third-order valence-corrected chi connectivity index (χ3v) is 3.87. The molecule has 0 saturated heterocycles. The van der Waals surface area contributed by atoms with Gasteiger partial charge in [0.15, 0.2) is 0 Å². The van der Waals surface area contributed by atoms with Gasteiger partial charge in [-0.05, 0) is 23.8 Å². The van der Waals surface area contributed by atoms with Crippen LogP contribution in [0.15, 0.2) is 24.4 Å². The molecular formula is C12H14ClNOS. The maximum absolute atomic E-state index is 5.66. The molecule has 1 aromatic carbocycles. The first-order valence-electron chi connectivity index (χ1n) is 5.13. The summed E-state index contributed by atoms with van der Waals surface area (Å²) in [5.41, 5.74) is 2.46. The SMILES string of the molecule is COc1ccc2[nH]cc(CSCCCl)c2c1. The monoisotopic (exact) mass is 255 g/mol. The molecular weight excluding hydrogens is 242 g/mol. The standard InChI is InChI=1S/C12H14ClNOS/c1-15-10-2-3-12-11(6-10)9(7-14-12)8-16-5-4-13/h2-3,6-7,14H,4-5,8H2,1H3. The number of nitrogens with one attached hydrogen (secondary N) is 1. The molecule has 86 valence electrons. The van der Waals surface area contributed by atoms with Gasteiger partial charge in [-0.3, -0.25) is 0 Å². The first-order valence-corrected chi connectivity index (χ1v) is 6.82. The summed E-state index contributed by atoms with van der Waals surface area (Å²) in [6.07, 6.45) is 2.06. The van der Waals surface area contributed by atoms with Crippen LogP contribution >= 0.6 is 23.4 Å². The molecule has 1 heterocycles. The van der Waals surface area contributed by atoms with Crippen LogP contribution in [0.5, 0.6) is 5.75 Å². The van der Waals surface area contributed by atoms with Gasteiger partial charge in [0.2, 0.25) is 0 Å². The van der Waals surface area contributed by atoms with E-state index in [-0.39, 0.29) is 0 Å². The van der Waals surface area contributed by atoms with Gasteiger partial charge in [0, 0.05) is 34.5 Å². The summed E-state index contributed by atoms with van der Waals surface area (Å²) in [6.45, 7) is 0. The number of rotatable bonds is 5. The third-order valence-electron chi connectivity index (χ3n) is 2.45. The molecule has 1 aromatic heterocycles. The van der Waals surface area contributed by atoms with Gasteiger partial charge in [-0.1, -0.05) is 0 Å². The average molecular weight is 256 g/mol. The van der Waals surface area contributed by atoms with Gasteiger partial charge in [0.25, 0.3) is 0 Å². The minimum absolute atomic E-state index is 0.705. The summed E-state index contributed by atoms with van der Waals surface area (Å²) in [7, 11) is 1.69. The van der Waals surface area contributed by atoms with Crippen molar-refractivity contribution in [3.63, 3.8) is 0 Å². The minimum Gasteiger partial charge on any atom is -0.497 e. The summed E-state index contributed by atoms with van der Waals surface area (Å²) in [5, 5.41) is 1.24. The fraction of sp³-hybridized carbons (Fsp3) is 0.333. The van der Waals surface area contributed by atoms with E-state index in [1.54, 1.807) is 7.11 Å². The largest absolute Gasteiger partial charge is 0.497 e. The quantitative estimate of drug-likeness (QED) is 0.652. The van der Waals surface area contributed by atoms with Crippen LogP contribution in [0.2, 0.25) is 0 Å². The second-order valence-corrected chi connectivity index (χ2v) is 4.95. The number of benzene rings is 1. The Bertz CT molecular complexity index is 469. The van der Waals surface area contributed by atoms with E-state index in [0.29, 0.717) is 5.88 Å². The smallest absolute Gasteiger partial charge is 0.119 e. The number of H-pyrrole nitrogens is 1. The fourth-order valence-electron chi connectivity index (χ4n) is 1.64. The molecule has 0 amide bonds. The van der Waals surface area contributed by atoms with Crippen molar-refractivity contribution >= 4 is 34.3 Å². The molecule has 0 radical (unpaired) electrons. The number of fused-ring (bicyclic) bond motifs is 1. The first kappa shape index (κ1) is 11.7. The Morgan fingerprint density at radius 3 is 3.06 bits per heavy atom. The van der Waals surface area contributed by atoms with E-state index in [2.05, 4.69) is 17.2 Å². The number of halogens is 1. The lowest BCUT2D eigenvalue weighted by atomic mass is 10.2. The average Bonchev–Trinajstić information content (AvgIpc) is 2.72. The Morgan fingerprint density at radius 2 is 2.31 bits per heavy atom. The van der Waals surface area contributed by atoms with E-state index < -0.39 is 0 Å². The zero-order valence-electron chi connectivity index (χ0n) is 9.13. The Balaban J connectivity index is 2.24. The summed E-state index contributed by atoms with van der Waals surface area (Å²) in [5.74, 6) is 3.57. The molecule has 2 nitrogen and oxygen atoms in total. The van der Waals surface area contributed by atoms with Crippen molar-refractivity contribution in [3.8, 4) is 5.75 Å². The summed E-state index contributed by atoms with van der Waals surface area (Å²) in [6, 6.07) is 6.08.